The molecule has 0 aromatic heterocycles. The molecule has 3 rings (SSSR count). The first-order valence-electron chi connectivity index (χ1n) is 9.48. The standard InChI is InChI=1S/C21H16F6N2O5/c1-33-20(32)12-9-29(4-5-30)19(31)17(12)28-15-8-11(22)2-3-16(15)34-18-13(23)6-10(7-14(18)24)21(25,26)27/h2-3,6-8,28,30H,4-5,9H2,1H3. The molecule has 0 unspecified atom stereocenters. The number of β-amino-alcohol motifs (C(OH)–C–C–N with tert-alkyl or cyclic N) is 1. The number of aliphatic hydroxyl groups is 1. The van der Waals surface area contributed by atoms with E-state index in [0.29, 0.717) is 0 Å². The Morgan fingerprint density at radius 3 is 2.35 bits per heavy atom. The lowest BCUT2D eigenvalue weighted by Gasteiger charge is -2.17. The Bertz CT molecular complexity index is 1140. The molecule has 0 fully saturated rings. The second kappa shape index (κ2) is 9.63. The van der Waals surface area contributed by atoms with Gasteiger partial charge in [0.1, 0.15) is 11.5 Å². The fourth-order valence-electron chi connectivity index (χ4n) is 3.10. The molecule has 7 nitrogen and oxygen atoms in total. The molecule has 1 aliphatic rings. The van der Waals surface area contributed by atoms with Gasteiger partial charge in [0, 0.05) is 12.6 Å². The Balaban J connectivity index is 2.01. The summed E-state index contributed by atoms with van der Waals surface area (Å²) < 4.78 is 90.4. The van der Waals surface area contributed by atoms with Crippen LogP contribution in [-0.2, 0) is 20.5 Å². The van der Waals surface area contributed by atoms with E-state index in [-0.39, 0.29) is 42.2 Å². The molecular formula is C21H16F6N2O5. The average Bonchev–Trinajstić information content (AvgIpc) is 3.06. The van der Waals surface area contributed by atoms with Crippen LogP contribution < -0.4 is 10.1 Å². The van der Waals surface area contributed by atoms with Crippen molar-refractivity contribution in [2.45, 2.75) is 6.18 Å². The molecule has 13 heteroatoms. The number of amides is 1. The number of nitrogens with zero attached hydrogens (tertiary/aromatic N) is 1. The molecule has 1 aliphatic heterocycles. The van der Waals surface area contributed by atoms with Gasteiger partial charge in [0.2, 0.25) is 0 Å². The first-order valence-corrected chi connectivity index (χ1v) is 9.48. The highest BCUT2D eigenvalue weighted by Crippen LogP contribution is 2.38. The van der Waals surface area contributed by atoms with Crippen molar-refractivity contribution in [2.24, 2.45) is 0 Å². The summed E-state index contributed by atoms with van der Waals surface area (Å²) in [7, 11) is 1.05. The van der Waals surface area contributed by atoms with Gasteiger partial charge in [-0.25, -0.2) is 18.0 Å². The maximum Gasteiger partial charge on any atom is 0.416 e. The number of nitrogens with one attached hydrogen (secondary N) is 1. The highest BCUT2D eigenvalue weighted by Gasteiger charge is 2.36. The van der Waals surface area contributed by atoms with E-state index in [4.69, 9.17) is 9.84 Å². The monoisotopic (exact) mass is 490 g/mol. The first-order chi connectivity index (χ1) is 16.0. The number of ether oxygens (including phenoxy) is 2. The van der Waals surface area contributed by atoms with Crippen molar-refractivity contribution in [3.63, 3.8) is 0 Å². The summed E-state index contributed by atoms with van der Waals surface area (Å²) in [5.74, 6) is -7.58. The minimum Gasteiger partial charge on any atom is -0.466 e. The van der Waals surface area contributed by atoms with Crippen LogP contribution in [0.2, 0.25) is 0 Å². The largest absolute Gasteiger partial charge is 0.466 e. The van der Waals surface area contributed by atoms with Crippen LogP contribution in [0.4, 0.5) is 32.0 Å². The Morgan fingerprint density at radius 1 is 1.15 bits per heavy atom. The van der Waals surface area contributed by atoms with Crippen molar-refractivity contribution >= 4 is 17.6 Å². The quantitative estimate of drug-likeness (QED) is 0.456. The van der Waals surface area contributed by atoms with E-state index in [2.05, 4.69) is 10.1 Å². The lowest BCUT2D eigenvalue weighted by molar-refractivity contribution is -0.138. The van der Waals surface area contributed by atoms with Gasteiger partial charge in [0.05, 0.1) is 37.1 Å². The number of aliphatic hydroxyl groups excluding tert-OH is 1. The minimum atomic E-state index is -5.01. The number of anilines is 1. The van der Waals surface area contributed by atoms with Crippen LogP contribution in [0.15, 0.2) is 41.6 Å². The molecule has 2 aromatic carbocycles. The van der Waals surface area contributed by atoms with Gasteiger partial charge in [-0.3, -0.25) is 4.79 Å². The number of carbonyl (C=O) groups is 2. The number of hydrogen-bond donors (Lipinski definition) is 2. The molecule has 0 bridgehead atoms. The lowest BCUT2D eigenvalue weighted by Crippen LogP contribution is -2.31. The maximum atomic E-state index is 14.2. The predicted molar refractivity (Wildman–Crippen MR) is 104 cm³/mol. The van der Waals surface area contributed by atoms with Crippen molar-refractivity contribution in [2.75, 3.05) is 32.1 Å². The minimum absolute atomic E-state index is 0.0280. The third-order valence-electron chi connectivity index (χ3n) is 4.69. The molecular weight excluding hydrogens is 474 g/mol. The number of esters is 1. The molecule has 182 valence electrons. The molecule has 1 amide bonds. The van der Waals surface area contributed by atoms with Crippen LogP contribution in [0, 0.1) is 17.5 Å². The molecule has 0 spiro atoms. The fourth-order valence-corrected chi connectivity index (χ4v) is 3.10. The molecule has 0 radical (unpaired) electrons. The number of halogens is 6. The summed E-state index contributed by atoms with van der Waals surface area (Å²) in [5, 5.41) is 11.6. The van der Waals surface area contributed by atoms with Crippen molar-refractivity contribution in [3.05, 3.63) is 64.6 Å². The van der Waals surface area contributed by atoms with Gasteiger partial charge < -0.3 is 24.8 Å². The highest BCUT2D eigenvalue weighted by atomic mass is 19.4. The predicted octanol–water partition coefficient (Wildman–Crippen LogP) is 3.59. The van der Waals surface area contributed by atoms with Gasteiger partial charge in [0.25, 0.3) is 5.91 Å². The second-order valence-electron chi connectivity index (χ2n) is 6.93. The fraction of sp³-hybridized carbons (Fsp3) is 0.238. The SMILES string of the molecule is COC(=O)C1=C(Nc2cc(F)ccc2Oc2c(F)cc(C(F)(F)F)cc2F)C(=O)N(CCO)C1. The van der Waals surface area contributed by atoms with Crippen LogP contribution >= 0.6 is 0 Å². The van der Waals surface area contributed by atoms with Crippen LogP contribution in [0.1, 0.15) is 5.56 Å². The van der Waals surface area contributed by atoms with Gasteiger partial charge in [-0.05, 0) is 24.3 Å². The molecule has 0 aliphatic carbocycles. The highest BCUT2D eigenvalue weighted by molar-refractivity contribution is 6.08. The van der Waals surface area contributed by atoms with E-state index in [9.17, 15) is 35.9 Å². The molecule has 2 aromatic rings. The van der Waals surface area contributed by atoms with Crippen LogP contribution in [0.3, 0.4) is 0 Å². The Morgan fingerprint density at radius 2 is 1.79 bits per heavy atom. The van der Waals surface area contributed by atoms with Crippen molar-refractivity contribution < 1.29 is 50.5 Å². The Labute approximate surface area is 188 Å². The van der Waals surface area contributed by atoms with E-state index in [1.165, 1.54) is 0 Å². The summed E-state index contributed by atoms with van der Waals surface area (Å²) >= 11 is 0. The van der Waals surface area contributed by atoms with E-state index < -0.39 is 59.2 Å². The number of carbonyl (C=O) groups excluding carboxylic acids is 2. The molecule has 34 heavy (non-hydrogen) atoms. The van der Waals surface area contributed by atoms with Crippen LogP contribution in [0.5, 0.6) is 11.5 Å². The van der Waals surface area contributed by atoms with E-state index in [1.54, 1.807) is 0 Å². The van der Waals surface area contributed by atoms with E-state index in [0.717, 1.165) is 30.2 Å². The summed E-state index contributed by atoms with van der Waals surface area (Å²) in [4.78, 5) is 25.8. The Kier molecular flexibility index (Phi) is 7.05. The second-order valence-corrected chi connectivity index (χ2v) is 6.93. The summed E-state index contributed by atoms with van der Waals surface area (Å²) in [6.07, 6.45) is -5.01. The molecule has 0 atom stereocenters. The molecule has 0 saturated carbocycles. The number of alkyl halides is 3. The molecule has 1 heterocycles. The first kappa shape index (κ1) is 24.9. The zero-order valence-corrected chi connectivity index (χ0v) is 17.3. The molecule has 0 saturated heterocycles. The van der Waals surface area contributed by atoms with E-state index >= 15 is 0 Å². The number of benzene rings is 2. The third-order valence-corrected chi connectivity index (χ3v) is 4.69. The smallest absolute Gasteiger partial charge is 0.416 e. The zero-order chi connectivity index (χ0) is 25.2. The number of hydrogen-bond acceptors (Lipinski definition) is 6. The van der Waals surface area contributed by atoms with Gasteiger partial charge in [-0.15, -0.1) is 0 Å². The zero-order valence-electron chi connectivity index (χ0n) is 17.3. The topological polar surface area (TPSA) is 88.1 Å². The van der Waals surface area contributed by atoms with Crippen LogP contribution in [-0.4, -0.2) is 48.7 Å². The Hall–Kier alpha value is -3.74. The van der Waals surface area contributed by atoms with Crippen molar-refractivity contribution in [1.82, 2.24) is 4.90 Å². The van der Waals surface area contributed by atoms with Crippen molar-refractivity contribution in [3.8, 4) is 11.5 Å². The summed E-state index contributed by atoms with van der Waals surface area (Å²) in [6.45, 7) is -0.810. The van der Waals surface area contributed by atoms with Gasteiger partial charge in [0.15, 0.2) is 23.1 Å². The number of methoxy groups -OCH3 is 1. The third kappa shape index (κ3) is 5.09. The lowest BCUT2D eigenvalue weighted by atomic mass is 10.2. The van der Waals surface area contributed by atoms with Gasteiger partial charge in [-0.2, -0.15) is 13.2 Å². The maximum absolute atomic E-state index is 14.2. The summed E-state index contributed by atoms with van der Waals surface area (Å²) in [6, 6.07) is 2.58. The van der Waals surface area contributed by atoms with Crippen LogP contribution in [0.25, 0.3) is 0 Å². The normalized spacial score (nSPS) is 14.0. The summed E-state index contributed by atoms with van der Waals surface area (Å²) in [5.41, 5.74) is -2.50. The van der Waals surface area contributed by atoms with Crippen molar-refractivity contribution in [1.29, 1.82) is 0 Å². The van der Waals surface area contributed by atoms with Gasteiger partial charge in [-0.1, -0.05) is 0 Å². The van der Waals surface area contributed by atoms with Gasteiger partial charge >= 0.3 is 12.1 Å². The number of rotatable bonds is 7. The molecule has 2 N–H and O–H groups in total. The van der Waals surface area contributed by atoms with E-state index in [1.807, 2.05) is 0 Å². The average molecular weight is 490 g/mol.